The van der Waals surface area contributed by atoms with Gasteiger partial charge in [-0.25, -0.2) is 4.68 Å². The van der Waals surface area contributed by atoms with Gasteiger partial charge in [-0.05, 0) is 5.56 Å². The summed E-state index contributed by atoms with van der Waals surface area (Å²) < 4.78 is 6.75. The molecular weight excluding hydrogens is 348 g/mol. The second kappa shape index (κ2) is 7.13. The van der Waals surface area contributed by atoms with Crippen LogP contribution in [0.5, 0.6) is 0 Å². The number of aliphatic hydroxyl groups excluding tert-OH is 1. The molecule has 27 heavy (non-hydrogen) atoms. The molecule has 0 radical (unpaired) electrons. The van der Waals surface area contributed by atoms with Gasteiger partial charge in [-0.15, -0.1) is 0 Å². The highest BCUT2D eigenvalue weighted by Crippen LogP contribution is 2.44. The van der Waals surface area contributed by atoms with Crippen LogP contribution in [0.15, 0.2) is 36.4 Å². The van der Waals surface area contributed by atoms with E-state index < -0.39 is 6.04 Å². The quantitative estimate of drug-likeness (QED) is 0.674. The average molecular weight is 370 g/mol. The van der Waals surface area contributed by atoms with Gasteiger partial charge in [0.25, 0.3) is 11.8 Å². The molecule has 1 unspecified atom stereocenters. The summed E-state index contributed by atoms with van der Waals surface area (Å²) in [5.41, 5.74) is 1.19. The zero-order valence-corrected chi connectivity index (χ0v) is 15.0. The van der Waals surface area contributed by atoms with E-state index in [9.17, 15) is 14.7 Å². The highest BCUT2D eigenvalue weighted by molar-refractivity contribution is 5.98. The first-order valence-electron chi connectivity index (χ1n) is 9.00. The molecule has 1 aliphatic heterocycles. The summed E-state index contributed by atoms with van der Waals surface area (Å²) in [6.07, 6.45) is 0. The predicted octanol–water partition coefficient (Wildman–Crippen LogP) is 0.199. The number of benzene rings is 1. The van der Waals surface area contributed by atoms with Gasteiger partial charge in [0, 0.05) is 31.0 Å². The minimum Gasteiger partial charge on any atom is -0.394 e. The fourth-order valence-electron chi connectivity index (χ4n) is 3.72. The SMILES string of the molecule is CNC(=O)c1cc(C(=O)NC2[C@H]3COC[C@@H]23)nn1[C@@H](CO)c1ccccc1. The number of aliphatic hydroxyl groups is 1. The highest BCUT2D eigenvalue weighted by atomic mass is 16.5. The number of carbonyl (C=O) groups excluding carboxylic acids is 2. The van der Waals surface area contributed by atoms with Crippen molar-refractivity contribution in [3.63, 3.8) is 0 Å². The Labute approximate surface area is 156 Å². The monoisotopic (exact) mass is 370 g/mol. The first-order valence-corrected chi connectivity index (χ1v) is 9.00. The maximum Gasteiger partial charge on any atom is 0.272 e. The van der Waals surface area contributed by atoms with Crippen LogP contribution in [0.1, 0.15) is 32.6 Å². The largest absolute Gasteiger partial charge is 0.394 e. The molecule has 2 aromatic rings. The Morgan fingerprint density at radius 1 is 1.26 bits per heavy atom. The van der Waals surface area contributed by atoms with Gasteiger partial charge in [-0.3, -0.25) is 9.59 Å². The predicted molar refractivity (Wildman–Crippen MR) is 96.3 cm³/mol. The number of amides is 2. The molecular formula is C19H22N4O4. The molecule has 8 heteroatoms. The van der Waals surface area contributed by atoms with Gasteiger partial charge in [0.2, 0.25) is 0 Å². The molecule has 8 nitrogen and oxygen atoms in total. The van der Waals surface area contributed by atoms with Crippen LogP contribution in [0.3, 0.4) is 0 Å². The summed E-state index contributed by atoms with van der Waals surface area (Å²) in [5.74, 6) is 0.0728. The molecule has 2 aliphatic rings. The molecule has 4 atom stereocenters. The average Bonchev–Trinajstić information content (AvgIpc) is 3.09. The highest BCUT2D eigenvalue weighted by Gasteiger charge is 2.54. The van der Waals surface area contributed by atoms with Crippen LogP contribution in [0, 0.1) is 11.8 Å². The van der Waals surface area contributed by atoms with Crippen molar-refractivity contribution in [2.75, 3.05) is 26.9 Å². The van der Waals surface area contributed by atoms with Crippen molar-refractivity contribution in [2.24, 2.45) is 11.8 Å². The van der Waals surface area contributed by atoms with Gasteiger partial charge < -0.3 is 20.5 Å². The lowest BCUT2D eigenvalue weighted by Gasteiger charge is -2.17. The number of aromatic nitrogens is 2. The van der Waals surface area contributed by atoms with E-state index in [0.717, 1.165) is 5.56 Å². The number of carbonyl (C=O) groups is 2. The van der Waals surface area contributed by atoms with Crippen LogP contribution in [0.25, 0.3) is 0 Å². The van der Waals surface area contributed by atoms with Crippen molar-refractivity contribution < 1.29 is 19.4 Å². The molecule has 1 saturated carbocycles. The van der Waals surface area contributed by atoms with Gasteiger partial charge in [-0.1, -0.05) is 30.3 Å². The van der Waals surface area contributed by atoms with E-state index in [1.54, 1.807) is 0 Å². The van der Waals surface area contributed by atoms with Crippen LogP contribution in [-0.4, -0.2) is 59.6 Å². The van der Waals surface area contributed by atoms with Crippen LogP contribution < -0.4 is 10.6 Å². The second-order valence-electron chi connectivity index (χ2n) is 6.91. The fourth-order valence-corrected chi connectivity index (χ4v) is 3.72. The Morgan fingerprint density at radius 2 is 1.96 bits per heavy atom. The van der Waals surface area contributed by atoms with E-state index in [1.165, 1.54) is 17.8 Å². The molecule has 142 valence electrons. The first-order chi connectivity index (χ1) is 13.1. The summed E-state index contributed by atoms with van der Waals surface area (Å²) in [4.78, 5) is 24.9. The molecule has 1 saturated heterocycles. The van der Waals surface area contributed by atoms with Crippen molar-refractivity contribution in [2.45, 2.75) is 12.1 Å². The third kappa shape index (κ3) is 3.22. The lowest BCUT2D eigenvalue weighted by Crippen LogP contribution is -2.30. The van der Waals surface area contributed by atoms with Crippen molar-refractivity contribution in [3.05, 3.63) is 53.3 Å². The smallest absolute Gasteiger partial charge is 0.272 e. The van der Waals surface area contributed by atoms with E-state index in [0.29, 0.717) is 25.0 Å². The molecule has 1 aliphatic carbocycles. The van der Waals surface area contributed by atoms with Crippen molar-refractivity contribution in [1.29, 1.82) is 0 Å². The molecule has 2 fully saturated rings. The number of nitrogens with one attached hydrogen (secondary N) is 2. The van der Waals surface area contributed by atoms with Crippen molar-refractivity contribution >= 4 is 11.8 Å². The maximum absolute atomic E-state index is 12.6. The Bertz CT molecular complexity index is 841. The summed E-state index contributed by atoms with van der Waals surface area (Å²) in [7, 11) is 1.52. The zero-order chi connectivity index (χ0) is 19.0. The minimum atomic E-state index is -0.561. The molecule has 0 bridgehead atoms. The minimum absolute atomic E-state index is 0.114. The van der Waals surface area contributed by atoms with Crippen LogP contribution in [-0.2, 0) is 4.74 Å². The third-order valence-electron chi connectivity index (χ3n) is 5.33. The van der Waals surface area contributed by atoms with E-state index in [2.05, 4.69) is 15.7 Å². The van der Waals surface area contributed by atoms with Crippen LogP contribution in [0.4, 0.5) is 0 Å². The standard InChI is InChI=1S/C19H22N4O4/c1-20-19(26)15-7-14(18(25)21-17-12-9-27-10-13(12)17)22-23(15)16(8-24)11-5-3-2-4-6-11/h2-7,12-13,16-17,24H,8-10H2,1H3,(H,20,26)(H,21,25)/t12-,13+,16-,17?/m0/s1. The maximum atomic E-state index is 12.6. The molecule has 2 heterocycles. The second-order valence-corrected chi connectivity index (χ2v) is 6.91. The summed E-state index contributed by atoms with van der Waals surface area (Å²) in [5, 5.41) is 19.8. The number of hydrogen-bond acceptors (Lipinski definition) is 5. The molecule has 1 aromatic carbocycles. The van der Waals surface area contributed by atoms with E-state index >= 15 is 0 Å². The van der Waals surface area contributed by atoms with Gasteiger partial charge in [0.15, 0.2) is 5.69 Å². The lowest BCUT2D eigenvalue weighted by atomic mass is 10.1. The summed E-state index contributed by atoms with van der Waals surface area (Å²) >= 11 is 0. The Kier molecular flexibility index (Phi) is 4.67. The van der Waals surface area contributed by atoms with Gasteiger partial charge in [0.05, 0.1) is 19.8 Å². The van der Waals surface area contributed by atoms with Gasteiger partial charge >= 0.3 is 0 Å². The van der Waals surface area contributed by atoms with Crippen LogP contribution in [0.2, 0.25) is 0 Å². The molecule has 0 spiro atoms. The normalized spacial score (nSPS) is 24.1. The molecule has 1 aromatic heterocycles. The van der Waals surface area contributed by atoms with E-state index in [4.69, 9.17) is 4.74 Å². The molecule has 4 rings (SSSR count). The van der Waals surface area contributed by atoms with Crippen molar-refractivity contribution in [1.82, 2.24) is 20.4 Å². The molecule has 3 N–H and O–H groups in total. The molecule has 2 amide bonds. The van der Waals surface area contributed by atoms with E-state index in [1.807, 2.05) is 30.3 Å². The number of rotatable bonds is 6. The topological polar surface area (TPSA) is 105 Å². The van der Waals surface area contributed by atoms with Gasteiger partial charge in [-0.2, -0.15) is 5.10 Å². The zero-order valence-electron chi connectivity index (χ0n) is 15.0. The van der Waals surface area contributed by atoms with Gasteiger partial charge in [0.1, 0.15) is 11.7 Å². The fraction of sp³-hybridized carbons (Fsp3) is 0.421. The summed E-state index contributed by atoms with van der Waals surface area (Å²) in [6.45, 7) is 1.10. The number of hydrogen-bond donors (Lipinski definition) is 3. The third-order valence-corrected chi connectivity index (χ3v) is 5.33. The number of ether oxygens (including phenoxy) is 1. The first kappa shape index (κ1) is 17.7. The Hall–Kier alpha value is -2.71. The summed E-state index contributed by atoms with van der Waals surface area (Å²) in [6, 6.07) is 10.3. The number of nitrogens with zero attached hydrogens (tertiary/aromatic N) is 2. The number of fused-ring (bicyclic) bond motifs is 1. The van der Waals surface area contributed by atoms with Crippen LogP contribution >= 0.6 is 0 Å². The van der Waals surface area contributed by atoms with Crippen molar-refractivity contribution in [3.8, 4) is 0 Å². The van der Waals surface area contributed by atoms with E-state index in [-0.39, 0.29) is 35.9 Å². The Balaban J connectivity index is 1.62. The Morgan fingerprint density at radius 3 is 2.59 bits per heavy atom. The lowest BCUT2D eigenvalue weighted by molar-refractivity contribution is 0.0919.